The van der Waals surface area contributed by atoms with Crippen molar-refractivity contribution in [2.45, 2.75) is 13.0 Å². The third kappa shape index (κ3) is 3.84. The number of carbonyl (C=O) groups is 1. The maximum atomic E-state index is 12.1. The van der Waals surface area contributed by atoms with Gasteiger partial charge in [-0.05, 0) is 13.0 Å². The summed E-state index contributed by atoms with van der Waals surface area (Å²) >= 11 is 0. The van der Waals surface area contributed by atoms with Gasteiger partial charge in [0.05, 0.1) is 17.2 Å². The van der Waals surface area contributed by atoms with Crippen LogP contribution >= 0.6 is 0 Å². The molecule has 5 nitrogen and oxygen atoms in total. The number of hydrogen-bond donors (Lipinski definition) is 2. The number of aliphatic hydroxyl groups is 2. The van der Waals surface area contributed by atoms with E-state index in [1.807, 2.05) is 0 Å². The molecule has 0 saturated carbocycles. The summed E-state index contributed by atoms with van der Waals surface area (Å²) in [5, 5.41) is 17.9. The molecule has 0 aliphatic heterocycles. The van der Waals surface area contributed by atoms with Crippen LogP contribution in [0.4, 0.5) is 0 Å². The minimum Gasteiger partial charge on any atom is -0.392 e. The van der Waals surface area contributed by atoms with E-state index in [9.17, 15) is 9.90 Å². The predicted molar refractivity (Wildman–Crippen MR) is 66.8 cm³/mol. The van der Waals surface area contributed by atoms with E-state index in [-0.39, 0.29) is 19.1 Å². The van der Waals surface area contributed by atoms with E-state index in [1.54, 1.807) is 20.0 Å². The lowest BCUT2D eigenvalue weighted by atomic mass is 10.1. The molecule has 2 N–H and O–H groups in total. The maximum Gasteiger partial charge on any atom is 0.255 e. The highest BCUT2D eigenvalue weighted by molar-refractivity contribution is 5.96. The van der Waals surface area contributed by atoms with Gasteiger partial charge in [-0.25, -0.2) is 0 Å². The first kappa shape index (κ1) is 14.2. The molecule has 1 aromatic rings. The van der Waals surface area contributed by atoms with Gasteiger partial charge in [-0.15, -0.1) is 0 Å². The van der Waals surface area contributed by atoms with Crippen molar-refractivity contribution in [1.29, 1.82) is 0 Å². The standard InChI is InChI=1S/C13H16N2O3/c1-10(17)9-15(2)13(18)12-5-6-14-8-11(12)4-3-7-16/h5-6,8,10,16-17H,7,9H2,1-2H3. The smallest absolute Gasteiger partial charge is 0.255 e. The summed E-state index contributed by atoms with van der Waals surface area (Å²) in [6.07, 6.45) is 2.40. The molecule has 0 saturated heterocycles. The van der Waals surface area contributed by atoms with Crippen LogP contribution < -0.4 is 0 Å². The molecule has 1 amide bonds. The minimum atomic E-state index is -0.590. The summed E-state index contributed by atoms with van der Waals surface area (Å²) in [6, 6.07) is 1.57. The zero-order valence-corrected chi connectivity index (χ0v) is 10.4. The first-order valence-corrected chi connectivity index (χ1v) is 5.53. The average molecular weight is 248 g/mol. The largest absolute Gasteiger partial charge is 0.392 e. The maximum absolute atomic E-state index is 12.1. The molecule has 0 aliphatic rings. The van der Waals surface area contributed by atoms with Gasteiger partial charge in [0, 0.05) is 26.0 Å². The molecule has 0 fully saturated rings. The summed E-state index contributed by atoms with van der Waals surface area (Å²) in [5.74, 6) is 4.93. The van der Waals surface area contributed by atoms with Gasteiger partial charge in [-0.1, -0.05) is 11.8 Å². The second kappa shape index (κ2) is 6.74. The summed E-state index contributed by atoms with van der Waals surface area (Å²) in [7, 11) is 1.61. The Morgan fingerprint density at radius 1 is 1.61 bits per heavy atom. The molecule has 1 aromatic heterocycles. The lowest BCUT2D eigenvalue weighted by Crippen LogP contribution is -2.33. The molecular weight excluding hydrogens is 232 g/mol. The van der Waals surface area contributed by atoms with Crippen LogP contribution in [0.15, 0.2) is 18.5 Å². The first-order chi connectivity index (χ1) is 8.56. The highest BCUT2D eigenvalue weighted by Gasteiger charge is 2.16. The quantitative estimate of drug-likeness (QED) is 0.731. The Bertz CT molecular complexity index is 475. The Kier molecular flexibility index (Phi) is 5.31. The van der Waals surface area contributed by atoms with Crippen LogP contribution in [0.3, 0.4) is 0 Å². The summed E-state index contributed by atoms with van der Waals surface area (Å²) in [6.45, 7) is 1.59. The normalized spacial score (nSPS) is 11.3. The van der Waals surface area contributed by atoms with Crippen LogP contribution in [0, 0.1) is 11.8 Å². The number of nitrogens with zero attached hydrogens (tertiary/aromatic N) is 2. The Balaban J connectivity index is 2.98. The van der Waals surface area contributed by atoms with Crippen molar-refractivity contribution in [3.05, 3.63) is 29.6 Å². The van der Waals surface area contributed by atoms with Crippen LogP contribution in [-0.4, -0.2) is 52.3 Å². The Morgan fingerprint density at radius 2 is 2.33 bits per heavy atom. The Hall–Kier alpha value is -1.90. The second-order valence-electron chi connectivity index (χ2n) is 3.92. The van der Waals surface area contributed by atoms with Gasteiger partial charge < -0.3 is 15.1 Å². The number of aromatic nitrogens is 1. The van der Waals surface area contributed by atoms with Crippen molar-refractivity contribution in [3.8, 4) is 11.8 Å². The van der Waals surface area contributed by atoms with Gasteiger partial charge in [0.2, 0.25) is 0 Å². The molecule has 1 atom stereocenters. The molecule has 1 heterocycles. The molecule has 0 aliphatic carbocycles. The molecular formula is C13H16N2O3. The number of rotatable bonds is 3. The van der Waals surface area contributed by atoms with Gasteiger partial charge in [-0.2, -0.15) is 0 Å². The van der Waals surface area contributed by atoms with E-state index < -0.39 is 6.10 Å². The lowest BCUT2D eigenvalue weighted by molar-refractivity contribution is 0.0703. The monoisotopic (exact) mass is 248 g/mol. The van der Waals surface area contributed by atoms with E-state index in [1.165, 1.54) is 17.3 Å². The van der Waals surface area contributed by atoms with E-state index in [4.69, 9.17) is 5.11 Å². The summed E-state index contributed by atoms with van der Waals surface area (Å²) in [5.41, 5.74) is 0.878. The van der Waals surface area contributed by atoms with Crippen LogP contribution in [0.2, 0.25) is 0 Å². The third-order valence-electron chi connectivity index (χ3n) is 2.24. The number of pyridine rings is 1. The van der Waals surface area contributed by atoms with Crippen molar-refractivity contribution >= 4 is 5.91 Å². The first-order valence-electron chi connectivity index (χ1n) is 5.53. The number of amides is 1. The zero-order chi connectivity index (χ0) is 13.5. The highest BCUT2D eigenvalue weighted by atomic mass is 16.3. The van der Waals surface area contributed by atoms with E-state index in [2.05, 4.69) is 16.8 Å². The number of aliphatic hydroxyl groups excluding tert-OH is 2. The van der Waals surface area contributed by atoms with E-state index in [0.29, 0.717) is 11.1 Å². The molecule has 96 valence electrons. The van der Waals surface area contributed by atoms with Gasteiger partial charge in [0.15, 0.2) is 0 Å². The molecule has 18 heavy (non-hydrogen) atoms. The topological polar surface area (TPSA) is 73.7 Å². The van der Waals surface area contributed by atoms with Crippen LogP contribution in [0.25, 0.3) is 0 Å². The number of carbonyl (C=O) groups excluding carboxylic acids is 1. The van der Waals surface area contributed by atoms with Crippen molar-refractivity contribution < 1.29 is 15.0 Å². The van der Waals surface area contributed by atoms with Crippen LogP contribution in [0.5, 0.6) is 0 Å². The van der Waals surface area contributed by atoms with Gasteiger partial charge >= 0.3 is 0 Å². The van der Waals surface area contributed by atoms with Crippen LogP contribution in [0.1, 0.15) is 22.8 Å². The van der Waals surface area contributed by atoms with Gasteiger partial charge in [0.25, 0.3) is 5.91 Å². The van der Waals surface area contributed by atoms with Gasteiger partial charge in [0.1, 0.15) is 6.61 Å². The lowest BCUT2D eigenvalue weighted by Gasteiger charge is -2.19. The number of hydrogen-bond acceptors (Lipinski definition) is 4. The second-order valence-corrected chi connectivity index (χ2v) is 3.92. The summed E-state index contributed by atoms with van der Waals surface area (Å²) in [4.78, 5) is 17.4. The van der Waals surface area contributed by atoms with Gasteiger partial charge in [-0.3, -0.25) is 9.78 Å². The molecule has 1 rings (SSSR count). The molecule has 1 unspecified atom stereocenters. The average Bonchev–Trinajstić information content (AvgIpc) is 2.35. The molecule has 0 bridgehead atoms. The molecule has 0 spiro atoms. The third-order valence-corrected chi connectivity index (χ3v) is 2.24. The zero-order valence-electron chi connectivity index (χ0n) is 10.4. The SMILES string of the molecule is CC(O)CN(C)C(=O)c1ccncc1C#CCO. The Labute approximate surface area is 106 Å². The Morgan fingerprint density at radius 3 is 2.94 bits per heavy atom. The molecule has 5 heteroatoms. The number of likely N-dealkylation sites (N-methyl/N-ethyl adjacent to an activating group) is 1. The fraction of sp³-hybridized carbons (Fsp3) is 0.385. The van der Waals surface area contributed by atoms with E-state index in [0.717, 1.165) is 0 Å². The van der Waals surface area contributed by atoms with Crippen molar-refractivity contribution in [1.82, 2.24) is 9.88 Å². The van der Waals surface area contributed by atoms with Crippen molar-refractivity contribution in [2.75, 3.05) is 20.2 Å². The fourth-order valence-corrected chi connectivity index (χ4v) is 1.50. The van der Waals surface area contributed by atoms with Crippen molar-refractivity contribution in [3.63, 3.8) is 0 Å². The molecule has 0 radical (unpaired) electrons. The highest BCUT2D eigenvalue weighted by Crippen LogP contribution is 2.09. The minimum absolute atomic E-state index is 0.236. The van der Waals surface area contributed by atoms with E-state index >= 15 is 0 Å². The van der Waals surface area contributed by atoms with Crippen molar-refractivity contribution in [2.24, 2.45) is 0 Å². The fourth-order valence-electron chi connectivity index (χ4n) is 1.50. The van der Waals surface area contributed by atoms with Crippen LogP contribution in [-0.2, 0) is 0 Å². The predicted octanol–water partition coefficient (Wildman–Crippen LogP) is -0.122. The molecule has 0 aromatic carbocycles. The summed E-state index contributed by atoms with van der Waals surface area (Å²) < 4.78 is 0.